The topological polar surface area (TPSA) is 0 Å². The second kappa shape index (κ2) is 23.7. The molecule has 0 N–H and O–H groups in total. The molecule has 0 amide bonds. The minimum atomic E-state index is 0.885. The summed E-state index contributed by atoms with van der Waals surface area (Å²) in [6.07, 6.45) is 32.4. The van der Waals surface area contributed by atoms with Crippen LogP contribution in [0.4, 0.5) is 0 Å². The highest BCUT2D eigenvalue weighted by atomic mass is 14.1. The van der Waals surface area contributed by atoms with E-state index in [-0.39, 0.29) is 0 Å². The fraction of sp³-hybridized carbons (Fsp3) is 1.00. The lowest BCUT2D eigenvalue weighted by Gasteiger charge is -2.12. The van der Waals surface area contributed by atoms with Gasteiger partial charge in [0.25, 0.3) is 0 Å². The molecule has 0 rings (SSSR count). The molecule has 0 saturated carbocycles. The molecule has 1 atom stereocenters. The number of rotatable bonds is 24. The van der Waals surface area contributed by atoms with Crippen molar-refractivity contribution in [2.75, 3.05) is 0 Å². The summed E-state index contributed by atoms with van der Waals surface area (Å²) in [6, 6.07) is 0. The van der Waals surface area contributed by atoms with Crippen LogP contribution < -0.4 is 0 Å². The van der Waals surface area contributed by atoms with E-state index in [1.54, 1.807) is 0 Å². The Bertz CT molecular complexity index is 303. The van der Waals surface area contributed by atoms with Gasteiger partial charge in [-0.05, 0) is 17.8 Å². The molecule has 0 fully saturated rings. The van der Waals surface area contributed by atoms with Crippen molar-refractivity contribution in [2.45, 2.75) is 176 Å². The summed E-state index contributed by atoms with van der Waals surface area (Å²) in [5, 5.41) is 0. The second-order valence-corrected chi connectivity index (χ2v) is 11.4. The Morgan fingerprint density at radius 1 is 0.267 bits per heavy atom. The van der Waals surface area contributed by atoms with Gasteiger partial charge in [-0.3, -0.25) is 0 Å². The first-order valence-corrected chi connectivity index (χ1v) is 14.5. The van der Waals surface area contributed by atoms with E-state index < -0.39 is 0 Å². The van der Waals surface area contributed by atoms with Crippen LogP contribution in [0.25, 0.3) is 0 Å². The van der Waals surface area contributed by atoms with E-state index in [0.717, 1.165) is 17.8 Å². The lowest BCUT2D eigenvalue weighted by molar-refractivity contribution is 0.417. The summed E-state index contributed by atoms with van der Waals surface area (Å²) in [5.74, 6) is 2.74. The van der Waals surface area contributed by atoms with Crippen LogP contribution in [0.3, 0.4) is 0 Å². The molecule has 0 aromatic carbocycles. The summed E-state index contributed by atoms with van der Waals surface area (Å²) >= 11 is 0. The molecule has 0 heterocycles. The summed E-state index contributed by atoms with van der Waals surface area (Å²) in [4.78, 5) is 0. The van der Waals surface area contributed by atoms with Crippen LogP contribution in [0.5, 0.6) is 0 Å². The smallest absolute Gasteiger partial charge is 0.0443 e. The number of hydrogen-bond donors (Lipinski definition) is 0. The molecule has 0 saturated heterocycles. The normalized spacial score (nSPS) is 12.9. The minimum Gasteiger partial charge on any atom is -0.0628 e. The molecule has 0 aliphatic carbocycles. The molecule has 0 radical (unpaired) electrons. The van der Waals surface area contributed by atoms with Gasteiger partial charge in [-0.15, -0.1) is 0 Å². The van der Waals surface area contributed by atoms with Crippen molar-refractivity contribution in [1.29, 1.82) is 0 Å². The molecule has 1 unspecified atom stereocenters. The van der Waals surface area contributed by atoms with Crippen molar-refractivity contribution in [3.05, 3.63) is 0 Å². The molecule has 0 heteroatoms. The van der Waals surface area contributed by atoms with Gasteiger partial charge in [0.1, 0.15) is 0 Å². The van der Waals surface area contributed by atoms with E-state index in [2.05, 4.69) is 34.6 Å². The van der Waals surface area contributed by atoms with Crippen molar-refractivity contribution in [3.63, 3.8) is 0 Å². The third-order valence-corrected chi connectivity index (χ3v) is 6.96. The maximum absolute atomic E-state index is 2.47. The van der Waals surface area contributed by atoms with Crippen LogP contribution in [-0.2, 0) is 0 Å². The predicted molar refractivity (Wildman–Crippen MR) is 140 cm³/mol. The highest BCUT2D eigenvalue weighted by molar-refractivity contribution is 4.57. The van der Waals surface area contributed by atoms with Gasteiger partial charge < -0.3 is 0 Å². The molecule has 0 nitrogen and oxygen atoms in total. The van der Waals surface area contributed by atoms with Crippen molar-refractivity contribution < 1.29 is 0 Å². The van der Waals surface area contributed by atoms with E-state index in [9.17, 15) is 0 Å². The molecule has 182 valence electrons. The minimum absolute atomic E-state index is 0.885. The van der Waals surface area contributed by atoms with Gasteiger partial charge in [0.15, 0.2) is 0 Å². The monoisotopic (exact) mass is 422 g/mol. The van der Waals surface area contributed by atoms with Gasteiger partial charge in [-0.25, -0.2) is 0 Å². The molecule has 0 bridgehead atoms. The highest BCUT2D eigenvalue weighted by Gasteiger charge is 2.03. The fourth-order valence-corrected chi connectivity index (χ4v) is 4.72. The molecule has 0 aliphatic rings. The quantitative estimate of drug-likeness (QED) is 0.136. The summed E-state index contributed by atoms with van der Waals surface area (Å²) < 4.78 is 0. The molecule has 0 spiro atoms. The van der Waals surface area contributed by atoms with Gasteiger partial charge in [-0.1, -0.05) is 176 Å². The van der Waals surface area contributed by atoms with E-state index in [1.807, 2.05) is 0 Å². The first-order chi connectivity index (χ1) is 14.5. The third-order valence-electron chi connectivity index (χ3n) is 6.96. The van der Waals surface area contributed by atoms with Crippen LogP contribution in [0.1, 0.15) is 176 Å². The van der Waals surface area contributed by atoms with Crippen LogP contribution >= 0.6 is 0 Å². The van der Waals surface area contributed by atoms with Crippen LogP contribution in [0, 0.1) is 17.8 Å². The molecule has 0 aromatic heterocycles. The molecular formula is C30H62. The SMILES string of the molecule is CC(C)CCCCCCCCCCCCCCCCCCCC(C)CCCC(C)C. The van der Waals surface area contributed by atoms with Crippen molar-refractivity contribution in [2.24, 2.45) is 17.8 Å². The Labute approximate surface area is 193 Å². The zero-order valence-electron chi connectivity index (χ0n) is 22.3. The van der Waals surface area contributed by atoms with Gasteiger partial charge in [0.2, 0.25) is 0 Å². The van der Waals surface area contributed by atoms with E-state index in [1.165, 1.54) is 141 Å². The summed E-state index contributed by atoms with van der Waals surface area (Å²) in [5.41, 5.74) is 0. The van der Waals surface area contributed by atoms with Crippen molar-refractivity contribution in [3.8, 4) is 0 Å². The maximum atomic E-state index is 2.47. The molecular weight excluding hydrogens is 360 g/mol. The van der Waals surface area contributed by atoms with Crippen molar-refractivity contribution in [1.82, 2.24) is 0 Å². The number of hydrogen-bond acceptors (Lipinski definition) is 0. The second-order valence-electron chi connectivity index (χ2n) is 11.4. The molecule has 30 heavy (non-hydrogen) atoms. The summed E-state index contributed by atoms with van der Waals surface area (Å²) in [6.45, 7) is 11.9. The Balaban J connectivity index is 3.09. The van der Waals surface area contributed by atoms with Gasteiger partial charge in [0.05, 0.1) is 0 Å². The lowest BCUT2D eigenvalue weighted by Crippen LogP contribution is -1.96. The third kappa shape index (κ3) is 26.0. The first kappa shape index (κ1) is 30.0. The van der Waals surface area contributed by atoms with E-state index in [0.29, 0.717) is 0 Å². The van der Waals surface area contributed by atoms with Gasteiger partial charge in [-0.2, -0.15) is 0 Å². The van der Waals surface area contributed by atoms with Gasteiger partial charge in [0, 0.05) is 0 Å². The maximum Gasteiger partial charge on any atom is -0.0443 e. The fourth-order valence-electron chi connectivity index (χ4n) is 4.72. The Morgan fingerprint density at radius 2 is 0.500 bits per heavy atom. The Morgan fingerprint density at radius 3 is 0.833 bits per heavy atom. The van der Waals surface area contributed by atoms with Crippen LogP contribution in [0.2, 0.25) is 0 Å². The molecule has 0 aromatic rings. The van der Waals surface area contributed by atoms with Crippen LogP contribution in [-0.4, -0.2) is 0 Å². The average Bonchev–Trinajstić information content (AvgIpc) is 2.69. The average molecular weight is 423 g/mol. The molecule has 0 aliphatic heterocycles. The standard InChI is InChI=1S/C30H62/c1-28(2)24-21-19-17-15-13-11-9-7-6-8-10-12-14-16-18-20-22-26-30(5)27-23-25-29(3)4/h28-30H,6-27H2,1-5H3. The number of unbranched alkanes of at least 4 members (excludes halogenated alkanes) is 16. The summed E-state index contributed by atoms with van der Waals surface area (Å²) in [7, 11) is 0. The largest absolute Gasteiger partial charge is 0.0628 e. The Kier molecular flexibility index (Phi) is 23.7. The van der Waals surface area contributed by atoms with Crippen LogP contribution in [0.15, 0.2) is 0 Å². The van der Waals surface area contributed by atoms with E-state index in [4.69, 9.17) is 0 Å². The zero-order valence-corrected chi connectivity index (χ0v) is 22.3. The Hall–Kier alpha value is 0. The highest BCUT2D eigenvalue weighted by Crippen LogP contribution is 2.19. The lowest BCUT2D eigenvalue weighted by atomic mass is 9.95. The first-order valence-electron chi connectivity index (χ1n) is 14.5. The van der Waals surface area contributed by atoms with Crippen molar-refractivity contribution >= 4 is 0 Å². The zero-order chi connectivity index (χ0) is 22.3. The predicted octanol–water partition coefficient (Wildman–Crippen LogP) is 11.5. The van der Waals surface area contributed by atoms with Gasteiger partial charge >= 0.3 is 0 Å². The van der Waals surface area contributed by atoms with E-state index >= 15 is 0 Å².